The van der Waals surface area contributed by atoms with E-state index in [1.807, 2.05) is 6.07 Å². The number of nitrogens with zero attached hydrogens (tertiary/aromatic N) is 6. The van der Waals surface area contributed by atoms with Gasteiger partial charge >= 0.3 is 0 Å². The molecule has 1 aromatic carbocycles. The zero-order valence-electron chi connectivity index (χ0n) is 16.2. The molecule has 9 heteroatoms. The molecular weight excluding hydrogens is 390 g/mol. The van der Waals surface area contributed by atoms with E-state index >= 15 is 0 Å². The van der Waals surface area contributed by atoms with Gasteiger partial charge in [-0.25, -0.2) is 13.8 Å². The van der Waals surface area contributed by atoms with E-state index in [-0.39, 0.29) is 23.4 Å². The molecule has 30 heavy (non-hydrogen) atoms. The standard InChI is InChI=1S/C21H20F2N6O/c22-14-5-12(6-15(23)8-14)20-3-4-25-29(20)21(30)19-7-13(17-1-2-18(17)19)10-28-11-16(9-24)26-27-28/h4-6,8,11,13,17-20H,1-3,7,10H2/t13?,17?,18?,19-,20?/m0/s1. The Morgan fingerprint density at radius 3 is 2.63 bits per heavy atom. The van der Waals surface area contributed by atoms with Gasteiger partial charge in [-0.05, 0) is 54.7 Å². The molecule has 0 radical (unpaired) electrons. The molecule has 154 valence electrons. The fourth-order valence-electron chi connectivity index (χ4n) is 5.33. The van der Waals surface area contributed by atoms with Gasteiger partial charge in [0.1, 0.15) is 17.7 Å². The van der Waals surface area contributed by atoms with Crippen LogP contribution in [0.5, 0.6) is 0 Å². The predicted octanol–water partition coefficient (Wildman–Crippen LogP) is 3.05. The monoisotopic (exact) mass is 410 g/mol. The number of hydrazone groups is 1. The summed E-state index contributed by atoms with van der Waals surface area (Å²) in [6.07, 6.45) is 6.48. The smallest absolute Gasteiger partial charge is 0.246 e. The third kappa shape index (κ3) is 3.16. The fourth-order valence-corrected chi connectivity index (χ4v) is 5.33. The van der Waals surface area contributed by atoms with E-state index in [9.17, 15) is 13.6 Å². The van der Waals surface area contributed by atoms with Crippen molar-refractivity contribution in [1.82, 2.24) is 20.0 Å². The average Bonchev–Trinajstić information content (AvgIpc) is 3.38. The van der Waals surface area contributed by atoms with Crippen molar-refractivity contribution < 1.29 is 13.6 Å². The van der Waals surface area contributed by atoms with Gasteiger partial charge in [0.2, 0.25) is 5.91 Å². The first-order valence-corrected chi connectivity index (χ1v) is 10.1. The number of hydrogen-bond donors (Lipinski definition) is 0. The number of halogens is 2. The van der Waals surface area contributed by atoms with Crippen molar-refractivity contribution in [3.8, 4) is 6.07 Å². The maximum atomic E-state index is 13.7. The van der Waals surface area contributed by atoms with Gasteiger partial charge < -0.3 is 0 Å². The van der Waals surface area contributed by atoms with Crippen LogP contribution < -0.4 is 0 Å². The average molecular weight is 410 g/mol. The lowest BCUT2D eigenvalue weighted by Crippen LogP contribution is -2.38. The van der Waals surface area contributed by atoms with Crippen LogP contribution in [0.25, 0.3) is 0 Å². The molecule has 0 N–H and O–H groups in total. The highest BCUT2D eigenvalue weighted by atomic mass is 19.1. The van der Waals surface area contributed by atoms with Crippen molar-refractivity contribution in [2.24, 2.45) is 28.8 Å². The van der Waals surface area contributed by atoms with Gasteiger partial charge in [0.05, 0.1) is 12.2 Å². The third-order valence-electron chi connectivity index (χ3n) is 6.78. The second kappa shape index (κ2) is 7.27. The van der Waals surface area contributed by atoms with Gasteiger partial charge in [-0.15, -0.1) is 5.10 Å². The molecule has 0 bridgehead atoms. The highest BCUT2D eigenvalue weighted by Crippen LogP contribution is 2.55. The second-order valence-electron chi connectivity index (χ2n) is 8.38. The molecule has 2 heterocycles. The van der Waals surface area contributed by atoms with Crippen LogP contribution in [-0.4, -0.2) is 32.1 Å². The maximum Gasteiger partial charge on any atom is 0.246 e. The number of aromatic nitrogens is 3. The highest BCUT2D eigenvalue weighted by Gasteiger charge is 2.52. The summed E-state index contributed by atoms with van der Waals surface area (Å²) in [7, 11) is 0. The molecule has 2 saturated carbocycles. The Kier molecular flexibility index (Phi) is 4.57. The van der Waals surface area contributed by atoms with Gasteiger partial charge in [0, 0.05) is 31.2 Å². The van der Waals surface area contributed by atoms with Crippen molar-refractivity contribution in [2.45, 2.75) is 38.3 Å². The van der Waals surface area contributed by atoms with Crippen molar-refractivity contribution in [3.05, 3.63) is 47.3 Å². The topological polar surface area (TPSA) is 87.2 Å². The number of carbonyl (C=O) groups excluding carboxylic acids is 1. The lowest BCUT2D eigenvalue weighted by molar-refractivity contribution is -0.139. The maximum absolute atomic E-state index is 13.7. The van der Waals surface area contributed by atoms with Crippen LogP contribution in [0.4, 0.5) is 8.78 Å². The normalized spacial score (nSPS) is 29.5. The van der Waals surface area contributed by atoms with Crippen LogP contribution in [0.3, 0.4) is 0 Å². The summed E-state index contributed by atoms with van der Waals surface area (Å²) in [6, 6.07) is 4.86. The molecule has 1 aliphatic heterocycles. The van der Waals surface area contributed by atoms with E-state index in [0.717, 1.165) is 18.9 Å². The highest BCUT2D eigenvalue weighted by molar-refractivity contribution is 5.82. The molecule has 5 atom stereocenters. The Balaban J connectivity index is 1.33. The van der Waals surface area contributed by atoms with Crippen LogP contribution in [0.15, 0.2) is 29.5 Å². The molecule has 0 saturated heterocycles. The lowest BCUT2D eigenvalue weighted by atomic mass is 9.70. The molecule has 4 unspecified atom stereocenters. The van der Waals surface area contributed by atoms with E-state index in [4.69, 9.17) is 5.26 Å². The molecule has 1 amide bonds. The molecule has 7 nitrogen and oxygen atoms in total. The SMILES string of the molecule is N#Cc1cn(CC2C[C@H](C(=O)N3N=CCC3c3cc(F)cc(F)c3)C3CCC23)nn1. The summed E-state index contributed by atoms with van der Waals surface area (Å²) in [4.78, 5) is 13.4. The van der Waals surface area contributed by atoms with Crippen LogP contribution in [0.1, 0.15) is 43.0 Å². The van der Waals surface area contributed by atoms with Crippen molar-refractivity contribution >= 4 is 12.1 Å². The number of fused-ring (bicyclic) bond motifs is 1. The fraction of sp³-hybridized carbons (Fsp3) is 0.476. The van der Waals surface area contributed by atoms with Crippen molar-refractivity contribution in [1.29, 1.82) is 5.26 Å². The Labute approximate surface area is 172 Å². The summed E-state index contributed by atoms with van der Waals surface area (Å²) in [5.41, 5.74) is 0.701. The summed E-state index contributed by atoms with van der Waals surface area (Å²) in [6.45, 7) is 0.626. The van der Waals surface area contributed by atoms with Gasteiger partial charge in [-0.2, -0.15) is 10.4 Å². The molecule has 5 rings (SSSR count). The minimum Gasteiger partial charge on any atom is -0.273 e. The minimum absolute atomic E-state index is 0.0769. The molecular formula is C21H20F2N6O. The zero-order valence-corrected chi connectivity index (χ0v) is 16.2. The zero-order chi connectivity index (χ0) is 20.8. The van der Waals surface area contributed by atoms with Crippen LogP contribution in [0.2, 0.25) is 0 Å². The van der Waals surface area contributed by atoms with Gasteiger partial charge in [-0.3, -0.25) is 9.48 Å². The Hall–Kier alpha value is -3.15. The number of benzene rings is 1. The molecule has 1 aromatic heterocycles. The number of rotatable bonds is 4. The quantitative estimate of drug-likeness (QED) is 0.775. The first-order valence-electron chi connectivity index (χ1n) is 10.1. The van der Waals surface area contributed by atoms with Gasteiger partial charge in [-0.1, -0.05) is 5.21 Å². The summed E-state index contributed by atoms with van der Waals surface area (Å²) in [5, 5.41) is 22.4. The van der Waals surface area contributed by atoms with E-state index < -0.39 is 17.7 Å². The minimum atomic E-state index is -0.658. The van der Waals surface area contributed by atoms with E-state index in [0.29, 0.717) is 36.8 Å². The molecule has 3 aliphatic rings. The predicted molar refractivity (Wildman–Crippen MR) is 102 cm³/mol. The van der Waals surface area contributed by atoms with Gasteiger partial charge in [0.25, 0.3) is 0 Å². The number of amides is 1. The molecule has 2 aliphatic carbocycles. The van der Waals surface area contributed by atoms with Crippen LogP contribution >= 0.6 is 0 Å². The number of carbonyl (C=O) groups is 1. The van der Waals surface area contributed by atoms with E-state index in [2.05, 4.69) is 15.4 Å². The molecule has 2 fully saturated rings. The van der Waals surface area contributed by atoms with Crippen LogP contribution in [0, 0.1) is 46.6 Å². The van der Waals surface area contributed by atoms with Crippen molar-refractivity contribution in [3.63, 3.8) is 0 Å². The Morgan fingerprint density at radius 1 is 1.20 bits per heavy atom. The Bertz CT molecular complexity index is 1040. The first-order chi connectivity index (χ1) is 14.5. The number of hydrogen-bond acceptors (Lipinski definition) is 5. The summed E-state index contributed by atoms with van der Waals surface area (Å²) < 4.78 is 29.1. The summed E-state index contributed by atoms with van der Waals surface area (Å²) >= 11 is 0. The first kappa shape index (κ1) is 18.9. The van der Waals surface area contributed by atoms with E-state index in [1.54, 1.807) is 17.1 Å². The lowest BCUT2D eigenvalue weighted by Gasteiger charge is -2.37. The second-order valence-corrected chi connectivity index (χ2v) is 8.38. The summed E-state index contributed by atoms with van der Waals surface area (Å²) in [5.74, 6) is -0.548. The van der Waals surface area contributed by atoms with Crippen LogP contribution in [-0.2, 0) is 11.3 Å². The number of nitriles is 1. The molecule has 0 spiro atoms. The van der Waals surface area contributed by atoms with E-state index in [1.165, 1.54) is 17.1 Å². The largest absolute Gasteiger partial charge is 0.273 e. The third-order valence-corrected chi connectivity index (χ3v) is 6.78. The molecule has 2 aromatic rings. The Morgan fingerprint density at radius 2 is 1.97 bits per heavy atom. The van der Waals surface area contributed by atoms with Gasteiger partial charge in [0.15, 0.2) is 5.69 Å². The van der Waals surface area contributed by atoms with Crippen molar-refractivity contribution in [2.75, 3.05) is 0 Å².